The van der Waals surface area contributed by atoms with Crippen molar-refractivity contribution < 1.29 is 14.3 Å². The highest BCUT2D eigenvalue weighted by molar-refractivity contribution is 5.77. The van der Waals surface area contributed by atoms with Crippen molar-refractivity contribution in [2.75, 3.05) is 26.1 Å². The van der Waals surface area contributed by atoms with Crippen LogP contribution in [0.25, 0.3) is 0 Å². The first kappa shape index (κ1) is 14.3. The minimum Gasteiger partial charge on any atom is -0.496 e. The monoisotopic (exact) mass is 252 g/mol. The fourth-order valence-corrected chi connectivity index (χ4v) is 1.49. The van der Waals surface area contributed by atoms with Crippen molar-refractivity contribution in [3.05, 3.63) is 23.8 Å². The Bertz CT molecular complexity index is 394. The van der Waals surface area contributed by atoms with Gasteiger partial charge >= 0.3 is 0 Å². The van der Waals surface area contributed by atoms with Crippen LogP contribution in [0.4, 0.5) is 5.69 Å². The lowest BCUT2D eigenvalue weighted by Crippen LogP contribution is -2.27. The van der Waals surface area contributed by atoms with Crippen molar-refractivity contribution in [2.45, 2.75) is 19.9 Å². The third-order valence-electron chi connectivity index (χ3n) is 2.36. The van der Waals surface area contributed by atoms with Crippen molar-refractivity contribution in [2.24, 2.45) is 0 Å². The molecule has 1 aromatic carbocycles. The largest absolute Gasteiger partial charge is 0.496 e. The standard InChI is InChI=1S/C13H20N2O3/c1-3-6-18-9-13(16)15-8-10-7-11(14)4-5-12(10)17-2/h4-5,7H,3,6,8-9,14H2,1-2H3,(H,15,16). The number of anilines is 1. The van der Waals surface area contributed by atoms with E-state index in [1.807, 2.05) is 6.92 Å². The Morgan fingerprint density at radius 3 is 2.89 bits per heavy atom. The number of hydrogen-bond donors (Lipinski definition) is 2. The van der Waals surface area contributed by atoms with Crippen LogP contribution >= 0.6 is 0 Å². The maximum atomic E-state index is 11.5. The van der Waals surface area contributed by atoms with Gasteiger partial charge in [-0.05, 0) is 24.6 Å². The Morgan fingerprint density at radius 2 is 2.22 bits per heavy atom. The van der Waals surface area contributed by atoms with Gasteiger partial charge in [0.2, 0.25) is 5.91 Å². The van der Waals surface area contributed by atoms with Gasteiger partial charge < -0.3 is 20.5 Å². The third kappa shape index (κ3) is 4.63. The molecule has 0 aliphatic carbocycles. The molecule has 0 bridgehead atoms. The number of methoxy groups -OCH3 is 1. The Labute approximate surface area is 107 Å². The second kappa shape index (κ2) is 7.55. The quantitative estimate of drug-likeness (QED) is 0.567. The number of rotatable bonds is 7. The minimum absolute atomic E-state index is 0.0818. The molecule has 0 spiro atoms. The molecule has 0 radical (unpaired) electrons. The summed E-state index contributed by atoms with van der Waals surface area (Å²) in [4.78, 5) is 11.5. The van der Waals surface area contributed by atoms with Crippen molar-refractivity contribution in [3.8, 4) is 5.75 Å². The average molecular weight is 252 g/mol. The first-order valence-corrected chi connectivity index (χ1v) is 5.94. The zero-order chi connectivity index (χ0) is 13.4. The van der Waals surface area contributed by atoms with Crippen LogP contribution < -0.4 is 15.8 Å². The van der Waals surface area contributed by atoms with Gasteiger partial charge in [-0.25, -0.2) is 0 Å². The fourth-order valence-electron chi connectivity index (χ4n) is 1.49. The van der Waals surface area contributed by atoms with Gasteiger partial charge in [0, 0.05) is 24.4 Å². The van der Waals surface area contributed by atoms with Crippen molar-refractivity contribution in [1.29, 1.82) is 0 Å². The van der Waals surface area contributed by atoms with Crippen molar-refractivity contribution >= 4 is 11.6 Å². The summed E-state index contributed by atoms with van der Waals surface area (Å²) in [6.07, 6.45) is 0.899. The highest BCUT2D eigenvalue weighted by Gasteiger charge is 2.06. The van der Waals surface area contributed by atoms with Crippen LogP contribution in [0, 0.1) is 0 Å². The number of nitrogens with one attached hydrogen (secondary N) is 1. The smallest absolute Gasteiger partial charge is 0.246 e. The van der Waals surface area contributed by atoms with E-state index < -0.39 is 0 Å². The zero-order valence-corrected chi connectivity index (χ0v) is 10.9. The summed E-state index contributed by atoms with van der Waals surface area (Å²) in [5.74, 6) is 0.562. The number of hydrogen-bond acceptors (Lipinski definition) is 4. The van der Waals surface area contributed by atoms with E-state index in [1.54, 1.807) is 25.3 Å². The van der Waals surface area contributed by atoms with Gasteiger partial charge in [0.05, 0.1) is 7.11 Å². The molecule has 0 atom stereocenters. The van der Waals surface area contributed by atoms with Crippen LogP contribution in [0.15, 0.2) is 18.2 Å². The SMILES string of the molecule is CCCOCC(=O)NCc1cc(N)ccc1OC. The molecule has 5 nitrogen and oxygen atoms in total. The zero-order valence-electron chi connectivity index (χ0n) is 10.9. The Hall–Kier alpha value is -1.75. The van der Waals surface area contributed by atoms with E-state index >= 15 is 0 Å². The summed E-state index contributed by atoms with van der Waals surface area (Å²) >= 11 is 0. The van der Waals surface area contributed by atoms with Gasteiger partial charge in [-0.15, -0.1) is 0 Å². The molecule has 0 saturated carbocycles. The van der Waals surface area contributed by atoms with E-state index in [9.17, 15) is 4.79 Å². The topological polar surface area (TPSA) is 73.6 Å². The van der Waals surface area contributed by atoms with Crippen LogP contribution in [-0.4, -0.2) is 26.2 Å². The van der Waals surface area contributed by atoms with Crippen LogP contribution in [-0.2, 0) is 16.1 Å². The molecule has 0 saturated heterocycles. The number of carbonyl (C=O) groups is 1. The highest BCUT2D eigenvalue weighted by atomic mass is 16.5. The molecule has 1 amide bonds. The van der Waals surface area contributed by atoms with Crippen molar-refractivity contribution in [3.63, 3.8) is 0 Å². The van der Waals surface area contributed by atoms with E-state index in [2.05, 4.69) is 5.32 Å². The molecule has 0 unspecified atom stereocenters. The first-order valence-electron chi connectivity index (χ1n) is 5.94. The Morgan fingerprint density at radius 1 is 1.44 bits per heavy atom. The van der Waals surface area contributed by atoms with Crippen LogP contribution in [0.2, 0.25) is 0 Å². The summed E-state index contributed by atoms with van der Waals surface area (Å²) in [5, 5.41) is 2.76. The fraction of sp³-hybridized carbons (Fsp3) is 0.462. The number of carbonyl (C=O) groups excluding carboxylic acids is 1. The summed E-state index contributed by atoms with van der Waals surface area (Å²) in [6, 6.07) is 5.32. The number of ether oxygens (including phenoxy) is 2. The molecule has 0 aliphatic heterocycles. The van der Waals surface area contributed by atoms with Gasteiger partial charge in [-0.2, -0.15) is 0 Å². The van der Waals surface area contributed by atoms with Crippen LogP contribution in [0.5, 0.6) is 5.75 Å². The second-order valence-electron chi connectivity index (χ2n) is 3.90. The molecule has 5 heteroatoms. The van der Waals surface area contributed by atoms with Gasteiger partial charge in [0.1, 0.15) is 12.4 Å². The van der Waals surface area contributed by atoms with Gasteiger partial charge in [0.15, 0.2) is 0 Å². The van der Waals surface area contributed by atoms with E-state index in [4.69, 9.17) is 15.2 Å². The summed E-state index contributed by atoms with van der Waals surface area (Å²) in [5.41, 5.74) is 7.18. The molecular formula is C13H20N2O3. The molecular weight excluding hydrogens is 232 g/mol. The van der Waals surface area contributed by atoms with Crippen LogP contribution in [0.3, 0.4) is 0 Å². The lowest BCUT2D eigenvalue weighted by atomic mass is 10.2. The normalized spacial score (nSPS) is 10.1. The summed E-state index contributed by atoms with van der Waals surface area (Å²) in [6.45, 7) is 3.05. The van der Waals surface area contributed by atoms with E-state index in [0.717, 1.165) is 12.0 Å². The van der Waals surface area contributed by atoms with E-state index in [-0.39, 0.29) is 12.5 Å². The number of amides is 1. The first-order chi connectivity index (χ1) is 8.67. The van der Waals surface area contributed by atoms with Crippen molar-refractivity contribution in [1.82, 2.24) is 5.32 Å². The molecule has 100 valence electrons. The minimum atomic E-state index is -0.145. The molecule has 1 aromatic rings. The van der Waals surface area contributed by atoms with Gasteiger partial charge in [-0.3, -0.25) is 4.79 Å². The number of nitrogen functional groups attached to an aromatic ring is 1. The molecule has 3 N–H and O–H groups in total. The number of benzene rings is 1. The predicted octanol–water partition coefficient (Wildman–Crippen LogP) is 1.32. The molecule has 0 fully saturated rings. The van der Waals surface area contributed by atoms with E-state index in [0.29, 0.717) is 24.6 Å². The van der Waals surface area contributed by atoms with E-state index in [1.165, 1.54) is 0 Å². The second-order valence-corrected chi connectivity index (χ2v) is 3.90. The van der Waals surface area contributed by atoms with Gasteiger partial charge in [-0.1, -0.05) is 6.92 Å². The molecule has 1 rings (SSSR count). The third-order valence-corrected chi connectivity index (χ3v) is 2.36. The molecule has 0 aromatic heterocycles. The molecule has 18 heavy (non-hydrogen) atoms. The lowest BCUT2D eigenvalue weighted by Gasteiger charge is -2.10. The Balaban J connectivity index is 2.47. The molecule has 0 aliphatic rings. The average Bonchev–Trinajstić information content (AvgIpc) is 2.37. The summed E-state index contributed by atoms with van der Waals surface area (Å²) < 4.78 is 10.3. The maximum Gasteiger partial charge on any atom is 0.246 e. The maximum absolute atomic E-state index is 11.5. The van der Waals surface area contributed by atoms with Crippen LogP contribution in [0.1, 0.15) is 18.9 Å². The molecule has 0 heterocycles. The predicted molar refractivity (Wildman–Crippen MR) is 70.4 cm³/mol. The lowest BCUT2D eigenvalue weighted by molar-refractivity contribution is -0.125. The summed E-state index contributed by atoms with van der Waals surface area (Å²) in [7, 11) is 1.58. The highest BCUT2D eigenvalue weighted by Crippen LogP contribution is 2.20. The van der Waals surface area contributed by atoms with Gasteiger partial charge in [0.25, 0.3) is 0 Å². The number of nitrogens with two attached hydrogens (primary N) is 1. The Kier molecular flexibility index (Phi) is 6.00.